The van der Waals surface area contributed by atoms with Crippen LogP contribution in [0.15, 0.2) is 18.2 Å². The summed E-state index contributed by atoms with van der Waals surface area (Å²) in [5, 5.41) is 12.8. The Hall–Kier alpha value is -1.47. The van der Waals surface area contributed by atoms with Crippen LogP contribution in [-0.4, -0.2) is 38.1 Å². The Labute approximate surface area is 121 Å². The monoisotopic (exact) mass is 307 g/mol. The van der Waals surface area contributed by atoms with Gasteiger partial charge in [0.15, 0.2) is 0 Å². The number of rotatable bonds is 7. The largest absolute Gasteiger partial charge is 0.497 e. The van der Waals surface area contributed by atoms with Crippen molar-refractivity contribution < 1.29 is 27.8 Å². The molecule has 1 rings (SSSR count). The molecule has 21 heavy (non-hydrogen) atoms. The van der Waals surface area contributed by atoms with Crippen LogP contribution in [0.2, 0.25) is 0 Å². The zero-order chi connectivity index (χ0) is 16.0. The van der Waals surface area contributed by atoms with Crippen LogP contribution >= 0.6 is 0 Å². The number of benzene rings is 1. The lowest BCUT2D eigenvalue weighted by molar-refractivity contribution is -0.139. The number of hydrogen-bond acceptors (Lipinski definition) is 4. The molecule has 0 heterocycles. The van der Waals surface area contributed by atoms with Crippen LogP contribution in [0.1, 0.15) is 25.0 Å². The highest BCUT2D eigenvalue weighted by Gasteiger charge is 2.30. The number of alkyl halides is 3. The fourth-order valence-corrected chi connectivity index (χ4v) is 1.94. The minimum Gasteiger partial charge on any atom is -0.497 e. The van der Waals surface area contributed by atoms with Crippen LogP contribution in [-0.2, 0) is 0 Å². The third-order valence-corrected chi connectivity index (χ3v) is 2.99. The van der Waals surface area contributed by atoms with Crippen molar-refractivity contribution in [3.8, 4) is 11.5 Å². The molecule has 2 atom stereocenters. The Morgan fingerprint density at radius 3 is 2.43 bits per heavy atom. The summed E-state index contributed by atoms with van der Waals surface area (Å²) < 4.78 is 46.9. The van der Waals surface area contributed by atoms with Crippen LogP contribution in [0.4, 0.5) is 13.2 Å². The van der Waals surface area contributed by atoms with Gasteiger partial charge in [-0.1, -0.05) is 0 Å². The second kappa shape index (κ2) is 7.51. The molecule has 0 radical (unpaired) electrons. The first-order chi connectivity index (χ1) is 9.76. The van der Waals surface area contributed by atoms with E-state index in [0.717, 1.165) is 0 Å². The van der Waals surface area contributed by atoms with Crippen LogP contribution in [0.3, 0.4) is 0 Å². The van der Waals surface area contributed by atoms with E-state index in [9.17, 15) is 18.3 Å². The molecule has 0 spiro atoms. The number of aliphatic hydroxyl groups excluding tert-OH is 1. The van der Waals surface area contributed by atoms with E-state index in [-0.39, 0.29) is 6.54 Å². The molecule has 0 amide bonds. The van der Waals surface area contributed by atoms with E-state index in [2.05, 4.69) is 5.32 Å². The maximum Gasteiger partial charge on any atom is 0.390 e. The van der Waals surface area contributed by atoms with Gasteiger partial charge in [0.1, 0.15) is 11.5 Å². The van der Waals surface area contributed by atoms with Crippen LogP contribution in [0.5, 0.6) is 11.5 Å². The number of ether oxygens (including phenoxy) is 2. The van der Waals surface area contributed by atoms with Crippen LogP contribution in [0.25, 0.3) is 0 Å². The van der Waals surface area contributed by atoms with Crippen molar-refractivity contribution in [2.75, 3.05) is 20.8 Å². The summed E-state index contributed by atoms with van der Waals surface area (Å²) in [6.07, 6.45) is -6.18. The number of methoxy groups -OCH3 is 2. The predicted octanol–water partition coefficient (Wildman–Crippen LogP) is 2.67. The van der Waals surface area contributed by atoms with Gasteiger partial charge in [0.05, 0.1) is 26.7 Å². The van der Waals surface area contributed by atoms with E-state index in [1.54, 1.807) is 18.2 Å². The summed E-state index contributed by atoms with van der Waals surface area (Å²) >= 11 is 0. The SMILES string of the molecule is COc1ccc(OC)c(C(O)CNC(C)CC(F)(F)F)c1. The smallest absolute Gasteiger partial charge is 0.390 e. The average Bonchev–Trinajstić information content (AvgIpc) is 2.42. The van der Waals surface area contributed by atoms with Gasteiger partial charge in [-0.25, -0.2) is 0 Å². The Bertz CT molecular complexity index is 452. The van der Waals surface area contributed by atoms with Gasteiger partial charge in [-0.15, -0.1) is 0 Å². The molecule has 7 heteroatoms. The van der Waals surface area contributed by atoms with Gasteiger partial charge >= 0.3 is 6.18 Å². The molecule has 0 saturated carbocycles. The molecule has 4 nitrogen and oxygen atoms in total. The van der Waals surface area contributed by atoms with E-state index in [1.807, 2.05) is 0 Å². The van der Waals surface area contributed by atoms with Crippen molar-refractivity contribution in [1.82, 2.24) is 5.32 Å². The maximum absolute atomic E-state index is 12.2. The summed E-state index contributed by atoms with van der Waals surface area (Å²) in [5.41, 5.74) is 0.462. The summed E-state index contributed by atoms with van der Waals surface area (Å²) in [6.45, 7) is 1.41. The average molecular weight is 307 g/mol. The van der Waals surface area contributed by atoms with Gasteiger partial charge in [0.25, 0.3) is 0 Å². The van der Waals surface area contributed by atoms with E-state index in [4.69, 9.17) is 9.47 Å². The Balaban J connectivity index is 2.68. The topological polar surface area (TPSA) is 50.7 Å². The lowest BCUT2D eigenvalue weighted by atomic mass is 10.1. The molecule has 0 bridgehead atoms. The van der Waals surface area contributed by atoms with Crippen molar-refractivity contribution in [2.45, 2.75) is 31.7 Å². The molecule has 2 N–H and O–H groups in total. The summed E-state index contributed by atoms with van der Waals surface area (Å²) in [5.74, 6) is 0.988. The molecule has 0 aliphatic heterocycles. The standard InChI is InChI=1S/C14H20F3NO3/c1-9(7-14(15,16)17)18-8-12(19)11-6-10(20-2)4-5-13(11)21-3/h4-6,9,12,18-19H,7-8H2,1-3H3. The van der Waals surface area contributed by atoms with Crippen LogP contribution in [0, 0.1) is 0 Å². The molecule has 0 fully saturated rings. The molecular formula is C14H20F3NO3. The highest BCUT2D eigenvalue weighted by Crippen LogP contribution is 2.29. The van der Waals surface area contributed by atoms with Gasteiger partial charge in [-0.2, -0.15) is 13.2 Å². The van der Waals surface area contributed by atoms with Gasteiger partial charge in [-0.05, 0) is 25.1 Å². The maximum atomic E-state index is 12.2. The van der Waals surface area contributed by atoms with E-state index in [1.165, 1.54) is 21.1 Å². The molecule has 0 aliphatic carbocycles. The van der Waals surface area contributed by atoms with Crippen molar-refractivity contribution in [3.63, 3.8) is 0 Å². The van der Waals surface area contributed by atoms with Gasteiger partial charge < -0.3 is 19.9 Å². The Morgan fingerprint density at radius 1 is 1.24 bits per heavy atom. The second-order valence-electron chi connectivity index (χ2n) is 4.75. The number of aliphatic hydroxyl groups is 1. The Morgan fingerprint density at radius 2 is 1.90 bits per heavy atom. The minimum atomic E-state index is -4.23. The molecule has 2 unspecified atom stereocenters. The van der Waals surface area contributed by atoms with E-state index >= 15 is 0 Å². The summed E-state index contributed by atoms with van der Waals surface area (Å²) in [4.78, 5) is 0. The second-order valence-corrected chi connectivity index (χ2v) is 4.75. The molecule has 0 aromatic heterocycles. The normalized spacial score (nSPS) is 14.6. The summed E-state index contributed by atoms with van der Waals surface area (Å²) in [6, 6.07) is 4.13. The van der Waals surface area contributed by atoms with E-state index < -0.39 is 24.7 Å². The number of halogens is 3. The van der Waals surface area contributed by atoms with Gasteiger partial charge in [-0.3, -0.25) is 0 Å². The molecular weight excluding hydrogens is 287 g/mol. The van der Waals surface area contributed by atoms with Gasteiger partial charge in [0, 0.05) is 18.2 Å². The highest BCUT2D eigenvalue weighted by molar-refractivity contribution is 5.41. The fourth-order valence-electron chi connectivity index (χ4n) is 1.94. The lowest BCUT2D eigenvalue weighted by Gasteiger charge is -2.20. The van der Waals surface area contributed by atoms with Gasteiger partial charge in [0.2, 0.25) is 0 Å². The van der Waals surface area contributed by atoms with Crippen molar-refractivity contribution >= 4 is 0 Å². The van der Waals surface area contributed by atoms with Crippen molar-refractivity contribution in [2.24, 2.45) is 0 Å². The minimum absolute atomic E-state index is 0.0131. The fraction of sp³-hybridized carbons (Fsp3) is 0.571. The zero-order valence-electron chi connectivity index (χ0n) is 12.2. The highest BCUT2D eigenvalue weighted by atomic mass is 19.4. The molecule has 1 aromatic rings. The molecule has 0 aliphatic rings. The molecule has 120 valence electrons. The Kier molecular flexibility index (Phi) is 6.29. The zero-order valence-corrected chi connectivity index (χ0v) is 12.2. The predicted molar refractivity (Wildman–Crippen MR) is 72.6 cm³/mol. The van der Waals surface area contributed by atoms with Crippen molar-refractivity contribution in [1.29, 1.82) is 0 Å². The first-order valence-electron chi connectivity index (χ1n) is 6.47. The first-order valence-corrected chi connectivity index (χ1v) is 6.47. The number of nitrogens with one attached hydrogen (secondary N) is 1. The molecule has 1 aromatic carbocycles. The van der Waals surface area contributed by atoms with E-state index in [0.29, 0.717) is 17.1 Å². The lowest BCUT2D eigenvalue weighted by Crippen LogP contribution is -2.34. The quantitative estimate of drug-likeness (QED) is 0.813. The first kappa shape index (κ1) is 17.6. The number of hydrogen-bond donors (Lipinski definition) is 2. The third kappa shape index (κ3) is 5.81. The van der Waals surface area contributed by atoms with Crippen LogP contribution < -0.4 is 14.8 Å². The summed E-state index contributed by atoms with van der Waals surface area (Å²) in [7, 11) is 2.94. The third-order valence-electron chi connectivity index (χ3n) is 2.99. The molecule has 0 saturated heterocycles. The van der Waals surface area contributed by atoms with Crippen molar-refractivity contribution in [3.05, 3.63) is 23.8 Å².